The Kier molecular flexibility index (Phi) is 3.94. The van der Waals surface area contributed by atoms with Crippen LogP contribution < -0.4 is 0 Å². The Labute approximate surface area is 128 Å². The first kappa shape index (κ1) is 14.8. The number of amides is 1. The fourth-order valence-electron chi connectivity index (χ4n) is 2.93. The summed E-state index contributed by atoms with van der Waals surface area (Å²) in [4.78, 5) is 13.5. The molecule has 0 saturated carbocycles. The maximum atomic E-state index is 12.4. The maximum absolute atomic E-state index is 12.4. The highest BCUT2D eigenvalue weighted by Crippen LogP contribution is 2.28. The van der Waals surface area contributed by atoms with Gasteiger partial charge in [-0.25, -0.2) is 13.2 Å². The van der Waals surface area contributed by atoms with E-state index in [9.17, 15) is 13.2 Å². The topological polar surface area (TPSA) is 66.9 Å². The van der Waals surface area contributed by atoms with Crippen molar-refractivity contribution in [2.45, 2.75) is 36.1 Å². The van der Waals surface area contributed by atoms with Crippen LogP contribution in [0.15, 0.2) is 21.7 Å². The van der Waals surface area contributed by atoms with Gasteiger partial charge in [0.1, 0.15) is 10.8 Å². The quantitative estimate of drug-likeness (QED) is 0.847. The van der Waals surface area contributed by atoms with Crippen LogP contribution in [0.1, 0.15) is 19.8 Å². The molecule has 0 bridgehead atoms. The van der Waals surface area contributed by atoms with E-state index in [2.05, 4.69) is 0 Å². The second-order valence-electron chi connectivity index (χ2n) is 5.40. The van der Waals surface area contributed by atoms with Crippen LogP contribution in [0.5, 0.6) is 0 Å². The Morgan fingerprint density at radius 3 is 2.57 bits per heavy atom. The summed E-state index contributed by atoms with van der Waals surface area (Å²) in [5.41, 5.74) is 0. The number of rotatable bonds is 3. The Morgan fingerprint density at radius 2 is 2.05 bits per heavy atom. The van der Waals surface area contributed by atoms with Crippen molar-refractivity contribution in [3.8, 4) is 0 Å². The lowest BCUT2D eigenvalue weighted by atomic mass is 10.0. The van der Waals surface area contributed by atoms with Gasteiger partial charge in [0.15, 0.2) is 0 Å². The summed E-state index contributed by atoms with van der Waals surface area (Å²) in [6.45, 7) is 3.27. The molecule has 2 aliphatic rings. The summed E-state index contributed by atoms with van der Waals surface area (Å²) in [6.07, 6.45) is 1.04. The average Bonchev–Trinajstić information content (AvgIpc) is 3.10. The number of ether oxygens (including phenoxy) is 1. The van der Waals surface area contributed by atoms with E-state index in [0.29, 0.717) is 36.7 Å². The molecule has 3 rings (SSSR count). The Bertz CT molecular complexity index is 606. The predicted molar refractivity (Wildman–Crippen MR) is 78.7 cm³/mol. The van der Waals surface area contributed by atoms with Crippen LogP contribution in [0.2, 0.25) is 0 Å². The zero-order valence-corrected chi connectivity index (χ0v) is 13.4. The number of thiophene rings is 1. The van der Waals surface area contributed by atoms with Crippen LogP contribution in [0.25, 0.3) is 0 Å². The monoisotopic (exact) mass is 330 g/mol. The third-order valence-corrected chi connectivity index (χ3v) is 7.31. The highest BCUT2D eigenvalue weighted by atomic mass is 32.2. The number of carbonyl (C=O) groups is 1. The molecule has 0 aliphatic carbocycles. The fraction of sp³-hybridized carbons (Fsp3) is 0.615. The zero-order chi connectivity index (χ0) is 15.0. The maximum Gasteiger partial charge on any atom is 0.410 e. The first-order valence-electron chi connectivity index (χ1n) is 6.99. The molecule has 0 aromatic carbocycles. The van der Waals surface area contributed by atoms with Gasteiger partial charge in [0.25, 0.3) is 10.0 Å². The molecule has 3 heterocycles. The summed E-state index contributed by atoms with van der Waals surface area (Å²) >= 11 is 1.24. The van der Waals surface area contributed by atoms with Gasteiger partial charge >= 0.3 is 6.09 Å². The normalized spacial score (nSPS) is 25.3. The minimum Gasteiger partial charge on any atom is -0.447 e. The van der Waals surface area contributed by atoms with Crippen LogP contribution in [0.4, 0.5) is 4.79 Å². The van der Waals surface area contributed by atoms with Crippen molar-refractivity contribution in [3.63, 3.8) is 0 Å². The van der Waals surface area contributed by atoms with E-state index < -0.39 is 10.0 Å². The van der Waals surface area contributed by atoms with E-state index in [1.54, 1.807) is 22.4 Å². The summed E-state index contributed by atoms with van der Waals surface area (Å²) in [5.74, 6) is 0. The zero-order valence-electron chi connectivity index (χ0n) is 11.8. The molecule has 0 radical (unpaired) electrons. The predicted octanol–water partition coefficient (Wildman–Crippen LogP) is 1.74. The van der Waals surface area contributed by atoms with E-state index in [4.69, 9.17) is 4.74 Å². The number of hydrogen-bond donors (Lipinski definition) is 0. The van der Waals surface area contributed by atoms with Gasteiger partial charge in [0.2, 0.25) is 0 Å². The first-order valence-corrected chi connectivity index (χ1v) is 9.31. The summed E-state index contributed by atoms with van der Waals surface area (Å²) < 4.78 is 31.8. The average molecular weight is 330 g/mol. The molecule has 116 valence electrons. The van der Waals surface area contributed by atoms with Gasteiger partial charge < -0.3 is 4.74 Å². The van der Waals surface area contributed by atoms with Crippen LogP contribution >= 0.6 is 11.3 Å². The van der Waals surface area contributed by atoms with E-state index >= 15 is 0 Å². The molecular weight excluding hydrogens is 312 g/mol. The van der Waals surface area contributed by atoms with Gasteiger partial charge in [0, 0.05) is 19.1 Å². The lowest BCUT2D eigenvalue weighted by Crippen LogP contribution is -2.49. The number of piperidine rings is 1. The largest absolute Gasteiger partial charge is 0.447 e. The Hall–Kier alpha value is -1.12. The van der Waals surface area contributed by atoms with Crippen molar-refractivity contribution < 1.29 is 17.9 Å². The van der Waals surface area contributed by atoms with Crippen LogP contribution in [0, 0.1) is 0 Å². The summed E-state index contributed by atoms with van der Waals surface area (Å²) in [5, 5.41) is 1.77. The van der Waals surface area contributed by atoms with E-state index in [0.717, 1.165) is 0 Å². The molecule has 2 fully saturated rings. The van der Waals surface area contributed by atoms with Crippen LogP contribution in [-0.4, -0.2) is 55.5 Å². The van der Waals surface area contributed by atoms with Crippen LogP contribution in [0.3, 0.4) is 0 Å². The molecule has 1 atom stereocenters. The molecule has 6 nitrogen and oxygen atoms in total. The summed E-state index contributed by atoms with van der Waals surface area (Å²) in [7, 11) is -3.38. The first-order chi connectivity index (χ1) is 10.00. The SMILES string of the molecule is CC1COC(=O)N1C1CCN(S(=O)(=O)c2cccs2)CC1. The van der Waals surface area contributed by atoms with E-state index in [-0.39, 0.29) is 18.2 Å². The minimum atomic E-state index is -3.38. The molecule has 0 N–H and O–H groups in total. The lowest BCUT2D eigenvalue weighted by molar-refractivity contribution is 0.127. The van der Waals surface area contributed by atoms with Crippen molar-refractivity contribution in [3.05, 3.63) is 17.5 Å². The third kappa shape index (κ3) is 2.67. The standard InChI is InChI=1S/C13H18N2O4S2/c1-10-9-19-13(16)15(10)11-4-6-14(7-5-11)21(17,18)12-3-2-8-20-12/h2-3,8,10-11H,4-7,9H2,1H3. The van der Waals surface area contributed by atoms with E-state index in [1.807, 2.05) is 6.92 Å². The third-order valence-electron chi connectivity index (χ3n) is 4.04. The highest BCUT2D eigenvalue weighted by Gasteiger charge is 2.39. The van der Waals surface area contributed by atoms with Crippen molar-refractivity contribution >= 4 is 27.5 Å². The fourth-order valence-corrected chi connectivity index (χ4v) is 5.55. The van der Waals surface area contributed by atoms with Gasteiger partial charge in [-0.05, 0) is 31.2 Å². The molecule has 1 unspecified atom stereocenters. The number of hydrogen-bond acceptors (Lipinski definition) is 5. The van der Waals surface area contributed by atoms with Gasteiger partial charge in [-0.1, -0.05) is 6.07 Å². The second kappa shape index (κ2) is 5.58. The van der Waals surface area contributed by atoms with Crippen molar-refractivity contribution in [1.82, 2.24) is 9.21 Å². The molecule has 1 aromatic heterocycles. The number of carbonyl (C=O) groups excluding carboxylic acids is 1. The Morgan fingerprint density at radius 1 is 1.33 bits per heavy atom. The smallest absolute Gasteiger partial charge is 0.410 e. The molecule has 2 aliphatic heterocycles. The molecule has 8 heteroatoms. The molecule has 0 spiro atoms. The van der Waals surface area contributed by atoms with Crippen molar-refractivity contribution in [1.29, 1.82) is 0 Å². The van der Waals surface area contributed by atoms with Gasteiger partial charge in [0.05, 0.1) is 6.04 Å². The van der Waals surface area contributed by atoms with Gasteiger partial charge in [-0.15, -0.1) is 11.3 Å². The van der Waals surface area contributed by atoms with Crippen LogP contribution in [-0.2, 0) is 14.8 Å². The highest BCUT2D eigenvalue weighted by molar-refractivity contribution is 7.91. The minimum absolute atomic E-state index is 0.0722. The molecule has 21 heavy (non-hydrogen) atoms. The molecule has 1 aromatic rings. The summed E-state index contributed by atoms with van der Waals surface area (Å²) in [6, 6.07) is 3.52. The lowest BCUT2D eigenvalue weighted by Gasteiger charge is -2.36. The van der Waals surface area contributed by atoms with E-state index in [1.165, 1.54) is 15.6 Å². The number of nitrogens with zero attached hydrogens (tertiary/aromatic N) is 2. The van der Waals surface area contributed by atoms with Gasteiger partial charge in [-0.2, -0.15) is 4.31 Å². The molecule has 2 saturated heterocycles. The second-order valence-corrected chi connectivity index (χ2v) is 8.51. The molecule has 1 amide bonds. The molecular formula is C13H18N2O4S2. The van der Waals surface area contributed by atoms with Gasteiger partial charge in [-0.3, -0.25) is 4.90 Å². The Balaban J connectivity index is 1.67. The van der Waals surface area contributed by atoms with Crippen molar-refractivity contribution in [2.75, 3.05) is 19.7 Å². The van der Waals surface area contributed by atoms with Crippen molar-refractivity contribution in [2.24, 2.45) is 0 Å². The number of sulfonamides is 1. The number of cyclic esters (lactones) is 1.